The molecule has 1 fully saturated rings. The van der Waals surface area contributed by atoms with Crippen LogP contribution in [0.1, 0.15) is 25.3 Å². The summed E-state index contributed by atoms with van der Waals surface area (Å²) in [6.45, 7) is 1.29. The van der Waals surface area contributed by atoms with E-state index in [1.165, 1.54) is 13.0 Å². The zero-order chi connectivity index (χ0) is 16.6. The van der Waals surface area contributed by atoms with E-state index >= 15 is 0 Å². The third kappa shape index (κ3) is 3.13. The number of sulfone groups is 1. The topological polar surface area (TPSA) is 63.6 Å². The molecule has 0 saturated carbocycles. The lowest BCUT2D eigenvalue weighted by atomic mass is 9.97. The molecule has 1 aromatic rings. The zero-order valence-corrected chi connectivity index (χ0v) is 12.7. The Morgan fingerprint density at radius 2 is 2.09 bits per heavy atom. The van der Waals surface area contributed by atoms with Crippen molar-refractivity contribution in [2.75, 3.05) is 13.2 Å². The highest BCUT2D eigenvalue weighted by Crippen LogP contribution is 2.38. The van der Waals surface area contributed by atoms with E-state index < -0.39 is 32.4 Å². The number of halogens is 3. The number of aliphatic hydroxyl groups excluding tert-OH is 1. The van der Waals surface area contributed by atoms with E-state index in [9.17, 15) is 21.6 Å². The van der Waals surface area contributed by atoms with Crippen molar-refractivity contribution in [2.24, 2.45) is 0 Å². The first kappa shape index (κ1) is 17.2. The molecule has 2 rings (SSSR count). The van der Waals surface area contributed by atoms with Crippen LogP contribution in [-0.4, -0.2) is 37.6 Å². The van der Waals surface area contributed by atoms with Crippen LogP contribution in [0.2, 0.25) is 0 Å². The van der Waals surface area contributed by atoms with Crippen LogP contribution < -0.4 is 0 Å². The fourth-order valence-corrected chi connectivity index (χ4v) is 4.44. The van der Waals surface area contributed by atoms with E-state index in [4.69, 9.17) is 9.84 Å². The van der Waals surface area contributed by atoms with Crippen LogP contribution in [0.3, 0.4) is 0 Å². The fraction of sp³-hybridized carbons (Fsp3) is 0.571. The lowest BCUT2D eigenvalue weighted by Gasteiger charge is -2.37. The van der Waals surface area contributed by atoms with Gasteiger partial charge in [0.05, 0.1) is 27.9 Å². The fourth-order valence-electron chi connectivity index (χ4n) is 2.57. The Kier molecular flexibility index (Phi) is 4.56. The largest absolute Gasteiger partial charge is 0.416 e. The SMILES string of the molecule is CC1(S(=O)(=O)c2cccc(C(F)(F)F)c2)CCOC(CO)C1. The van der Waals surface area contributed by atoms with Crippen molar-refractivity contribution in [1.29, 1.82) is 0 Å². The second-order valence-corrected chi connectivity index (χ2v) is 8.07. The molecule has 0 spiro atoms. The highest BCUT2D eigenvalue weighted by atomic mass is 32.2. The molecule has 0 aromatic heterocycles. The third-order valence-electron chi connectivity index (χ3n) is 3.97. The predicted octanol–water partition coefficient (Wildman–Crippen LogP) is 2.41. The molecule has 0 bridgehead atoms. The zero-order valence-electron chi connectivity index (χ0n) is 11.9. The van der Waals surface area contributed by atoms with Crippen molar-refractivity contribution >= 4 is 9.84 Å². The molecule has 2 atom stereocenters. The van der Waals surface area contributed by atoms with Gasteiger partial charge in [-0.2, -0.15) is 13.2 Å². The number of benzene rings is 1. The number of alkyl halides is 3. The average molecular weight is 338 g/mol. The summed E-state index contributed by atoms with van der Waals surface area (Å²) in [6, 6.07) is 3.74. The van der Waals surface area contributed by atoms with Crippen LogP contribution in [0.5, 0.6) is 0 Å². The second kappa shape index (κ2) is 5.82. The van der Waals surface area contributed by atoms with Crippen LogP contribution in [0.4, 0.5) is 13.2 Å². The minimum atomic E-state index is -4.60. The Labute approximate surface area is 126 Å². The molecule has 22 heavy (non-hydrogen) atoms. The summed E-state index contributed by atoms with van der Waals surface area (Å²) in [7, 11) is -3.98. The van der Waals surface area contributed by atoms with Crippen LogP contribution in [0.25, 0.3) is 0 Å². The van der Waals surface area contributed by atoms with Gasteiger partial charge in [0.25, 0.3) is 0 Å². The lowest BCUT2D eigenvalue weighted by Crippen LogP contribution is -2.45. The Bertz CT molecular complexity index is 642. The molecule has 1 N–H and O–H groups in total. The van der Waals surface area contributed by atoms with Crippen molar-refractivity contribution < 1.29 is 31.4 Å². The van der Waals surface area contributed by atoms with Crippen LogP contribution >= 0.6 is 0 Å². The molecule has 0 radical (unpaired) electrons. The summed E-state index contributed by atoms with van der Waals surface area (Å²) in [6.07, 6.45) is -5.01. The molecule has 1 aliphatic heterocycles. The quantitative estimate of drug-likeness (QED) is 0.919. The molecular formula is C14H17F3O4S. The molecule has 2 unspecified atom stereocenters. The van der Waals surface area contributed by atoms with Crippen LogP contribution in [-0.2, 0) is 20.8 Å². The van der Waals surface area contributed by atoms with E-state index in [1.54, 1.807) is 0 Å². The van der Waals surface area contributed by atoms with E-state index in [2.05, 4.69) is 0 Å². The summed E-state index contributed by atoms with van der Waals surface area (Å²) >= 11 is 0. The highest BCUT2D eigenvalue weighted by molar-refractivity contribution is 7.92. The van der Waals surface area contributed by atoms with Crippen molar-refractivity contribution in [3.05, 3.63) is 29.8 Å². The molecule has 4 nitrogen and oxygen atoms in total. The third-order valence-corrected chi connectivity index (χ3v) is 6.51. The summed E-state index contributed by atoms with van der Waals surface area (Å²) in [5.74, 6) is 0. The van der Waals surface area contributed by atoms with Gasteiger partial charge in [0.2, 0.25) is 0 Å². The molecular weight excluding hydrogens is 321 g/mol. The van der Waals surface area contributed by atoms with Gasteiger partial charge in [-0.3, -0.25) is 0 Å². The molecule has 0 amide bonds. The standard InChI is InChI=1S/C14H17F3O4S/c1-13(5-6-21-11(8-13)9-18)22(19,20)12-4-2-3-10(7-12)14(15,16)17/h2-4,7,11,18H,5-6,8-9H2,1H3. The molecule has 124 valence electrons. The number of rotatable bonds is 3. The van der Waals surface area contributed by atoms with Gasteiger partial charge in [0.1, 0.15) is 0 Å². The molecule has 1 heterocycles. The highest BCUT2D eigenvalue weighted by Gasteiger charge is 2.45. The minimum Gasteiger partial charge on any atom is -0.394 e. The number of hydrogen-bond acceptors (Lipinski definition) is 4. The normalized spacial score (nSPS) is 26.9. The Balaban J connectivity index is 2.42. The van der Waals surface area contributed by atoms with Gasteiger partial charge in [-0.25, -0.2) is 8.42 Å². The first-order valence-corrected chi connectivity index (χ1v) is 8.23. The monoisotopic (exact) mass is 338 g/mol. The average Bonchev–Trinajstić information content (AvgIpc) is 2.46. The van der Waals surface area contributed by atoms with Gasteiger partial charge in [-0.15, -0.1) is 0 Å². The summed E-state index contributed by atoms with van der Waals surface area (Å²) < 4.78 is 67.8. The van der Waals surface area contributed by atoms with E-state index in [0.29, 0.717) is 6.07 Å². The van der Waals surface area contributed by atoms with Gasteiger partial charge in [0.15, 0.2) is 9.84 Å². The second-order valence-electron chi connectivity index (χ2n) is 5.61. The maximum absolute atomic E-state index is 12.8. The lowest BCUT2D eigenvalue weighted by molar-refractivity contribution is -0.137. The van der Waals surface area contributed by atoms with Crippen molar-refractivity contribution in [3.63, 3.8) is 0 Å². The van der Waals surface area contributed by atoms with Crippen molar-refractivity contribution in [2.45, 2.75) is 41.7 Å². The van der Waals surface area contributed by atoms with Crippen LogP contribution in [0, 0.1) is 0 Å². The van der Waals surface area contributed by atoms with Gasteiger partial charge in [0, 0.05) is 6.61 Å². The Morgan fingerprint density at radius 1 is 1.41 bits per heavy atom. The number of ether oxygens (including phenoxy) is 1. The van der Waals surface area contributed by atoms with Gasteiger partial charge in [-0.05, 0) is 38.0 Å². The Morgan fingerprint density at radius 3 is 2.68 bits per heavy atom. The molecule has 1 aromatic carbocycles. The van der Waals surface area contributed by atoms with Crippen molar-refractivity contribution in [1.82, 2.24) is 0 Å². The summed E-state index contributed by atoms with van der Waals surface area (Å²) in [5.41, 5.74) is -0.997. The van der Waals surface area contributed by atoms with E-state index in [1.807, 2.05) is 0 Å². The van der Waals surface area contributed by atoms with E-state index in [0.717, 1.165) is 12.1 Å². The Hall–Kier alpha value is -1.12. The van der Waals surface area contributed by atoms with Crippen LogP contribution in [0.15, 0.2) is 29.2 Å². The van der Waals surface area contributed by atoms with Crippen molar-refractivity contribution in [3.8, 4) is 0 Å². The summed E-state index contributed by atoms with van der Waals surface area (Å²) in [4.78, 5) is -0.358. The number of hydrogen-bond donors (Lipinski definition) is 1. The number of aliphatic hydroxyl groups is 1. The maximum atomic E-state index is 12.8. The maximum Gasteiger partial charge on any atom is 0.416 e. The van der Waals surface area contributed by atoms with Gasteiger partial charge in [-0.1, -0.05) is 6.07 Å². The smallest absolute Gasteiger partial charge is 0.394 e. The molecule has 0 aliphatic carbocycles. The van der Waals surface area contributed by atoms with Gasteiger partial charge >= 0.3 is 6.18 Å². The first-order chi connectivity index (χ1) is 10.1. The van der Waals surface area contributed by atoms with E-state index in [-0.39, 0.29) is 31.0 Å². The first-order valence-electron chi connectivity index (χ1n) is 6.74. The minimum absolute atomic E-state index is 0.0437. The molecule has 8 heteroatoms. The predicted molar refractivity (Wildman–Crippen MR) is 73.1 cm³/mol. The molecule has 1 aliphatic rings. The van der Waals surface area contributed by atoms with Gasteiger partial charge < -0.3 is 9.84 Å². The molecule has 1 saturated heterocycles. The summed E-state index contributed by atoms with van der Waals surface area (Å²) in [5, 5.41) is 9.14.